The number of aliphatic carboxylic acids is 2. The van der Waals surface area contributed by atoms with E-state index in [2.05, 4.69) is 41.8 Å². The summed E-state index contributed by atoms with van der Waals surface area (Å²) in [5.74, 6) is -1.41. The maximum Gasteiger partial charge on any atom is 0.320 e. The third-order valence-corrected chi connectivity index (χ3v) is 11.1. The van der Waals surface area contributed by atoms with Crippen LogP contribution in [0, 0.1) is 0 Å². The Bertz CT molecular complexity index is 1430. The number of aromatic nitrogens is 2. The Balaban J connectivity index is 0.000000155. The zero-order chi connectivity index (χ0) is 26.9. The van der Waals surface area contributed by atoms with Crippen LogP contribution in [0.2, 0.25) is 0 Å². The highest BCUT2D eigenvalue weighted by molar-refractivity contribution is 9.10. The number of pyridine rings is 2. The van der Waals surface area contributed by atoms with Crippen molar-refractivity contribution in [3.05, 3.63) is 69.9 Å². The zero-order valence-electron chi connectivity index (χ0n) is 20.2. The van der Waals surface area contributed by atoms with Crippen molar-refractivity contribution in [2.45, 2.75) is 57.8 Å². The number of carbonyl (C=O) groups is 2. The Morgan fingerprint density at radius 1 is 0.684 bits per heavy atom. The lowest BCUT2D eigenvalue weighted by Gasteiger charge is -2.37. The number of carboxylic acid groups (broad SMARTS) is 2. The molecule has 6 nitrogen and oxygen atoms in total. The molecule has 38 heavy (non-hydrogen) atoms. The minimum atomic E-state index is -0.703. The van der Waals surface area contributed by atoms with Crippen molar-refractivity contribution in [3.8, 4) is 0 Å². The number of rotatable bonds is 6. The first-order chi connectivity index (χ1) is 18.2. The third-order valence-electron chi connectivity index (χ3n) is 7.04. The summed E-state index contributed by atoms with van der Waals surface area (Å²) >= 11 is 9.78. The molecule has 0 atom stereocenters. The maximum atomic E-state index is 11.5. The summed E-state index contributed by atoms with van der Waals surface area (Å²) in [6.45, 7) is 0. The molecule has 2 saturated carbocycles. The SMILES string of the molecule is O=C(O)C1(Sc2ccnc3cc(Br)ccc23)CCC1.O=C(O)C1(Sc2ccnc3cc(Br)ccc23)CCC1. The van der Waals surface area contributed by atoms with Crippen LogP contribution < -0.4 is 0 Å². The molecular weight excluding hydrogens is 652 g/mol. The van der Waals surface area contributed by atoms with Crippen LogP contribution in [0.5, 0.6) is 0 Å². The maximum absolute atomic E-state index is 11.5. The number of nitrogens with zero attached hydrogens (tertiary/aromatic N) is 2. The second kappa shape index (κ2) is 11.2. The molecule has 0 radical (unpaired) electrons. The Hall–Kier alpha value is -2.14. The summed E-state index contributed by atoms with van der Waals surface area (Å²) in [5, 5.41) is 20.9. The van der Waals surface area contributed by atoms with Crippen LogP contribution in [-0.4, -0.2) is 41.6 Å². The number of halogens is 2. The number of thioether (sulfide) groups is 2. The van der Waals surface area contributed by atoms with Crippen molar-refractivity contribution < 1.29 is 19.8 Å². The van der Waals surface area contributed by atoms with E-state index in [0.29, 0.717) is 0 Å². The average Bonchev–Trinajstić information content (AvgIpc) is 2.83. The van der Waals surface area contributed by atoms with Crippen molar-refractivity contribution in [1.82, 2.24) is 9.97 Å². The summed E-state index contributed by atoms with van der Waals surface area (Å²) in [7, 11) is 0. The van der Waals surface area contributed by atoms with Crippen molar-refractivity contribution in [2.75, 3.05) is 0 Å². The van der Waals surface area contributed by atoms with E-state index >= 15 is 0 Å². The van der Waals surface area contributed by atoms with Gasteiger partial charge >= 0.3 is 11.9 Å². The van der Waals surface area contributed by atoms with Gasteiger partial charge < -0.3 is 10.2 Å². The monoisotopic (exact) mass is 674 g/mol. The predicted molar refractivity (Wildman–Crippen MR) is 159 cm³/mol. The van der Waals surface area contributed by atoms with Gasteiger partial charge in [-0.15, -0.1) is 23.5 Å². The van der Waals surface area contributed by atoms with Gasteiger partial charge in [-0.05, 0) is 74.9 Å². The summed E-state index contributed by atoms with van der Waals surface area (Å²) in [5.41, 5.74) is 1.78. The van der Waals surface area contributed by atoms with Crippen molar-refractivity contribution >= 4 is 89.1 Å². The molecule has 0 unspecified atom stereocenters. The van der Waals surface area contributed by atoms with Gasteiger partial charge in [0.1, 0.15) is 9.49 Å². The van der Waals surface area contributed by atoms with E-state index in [4.69, 9.17) is 0 Å². The first-order valence-electron chi connectivity index (χ1n) is 12.1. The second-order valence-electron chi connectivity index (χ2n) is 9.45. The third kappa shape index (κ3) is 5.46. The topological polar surface area (TPSA) is 100 Å². The molecule has 0 spiro atoms. The Kier molecular flexibility index (Phi) is 8.05. The number of benzene rings is 2. The van der Waals surface area contributed by atoms with Gasteiger partial charge in [0, 0.05) is 41.9 Å². The van der Waals surface area contributed by atoms with Crippen LogP contribution in [0.1, 0.15) is 38.5 Å². The number of hydrogen-bond acceptors (Lipinski definition) is 6. The highest BCUT2D eigenvalue weighted by atomic mass is 79.9. The van der Waals surface area contributed by atoms with Gasteiger partial charge in [0.25, 0.3) is 0 Å². The largest absolute Gasteiger partial charge is 0.480 e. The van der Waals surface area contributed by atoms with Gasteiger partial charge in [0.15, 0.2) is 0 Å². The van der Waals surface area contributed by atoms with Crippen LogP contribution in [0.25, 0.3) is 21.8 Å². The van der Waals surface area contributed by atoms with Crippen molar-refractivity contribution in [1.29, 1.82) is 0 Å². The molecule has 2 N–H and O–H groups in total. The Morgan fingerprint density at radius 3 is 1.39 bits per heavy atom. The molecule has 2 aromatic heterocycles. The van der Waals surface area contributed by atoms with E-state index in [1.54, 1.807) is 12.4 Å². The van der Waals surface area contributed by atoms with E-state index in [1.165, 1.54) is 23.5 Å². The van der Waals surface area contributed by atoms with Gasteiger partial charge in [-0.1, -0.05) is 44.0 Å². The Labute approximate surface area is 245 Å². The smallest absolute Gasteiger partial charge is 0.320 e. The zero-order valence-corrected chi connectivity index (χ0v) is 25.0. The normalized spacial score (nSPS) is 17.1. The summed E-state index contributed by atoms with van der Waals surface area (Å²) < 4.78 is 0.681. The number of carboxylic acids is 2. The first-order valence-corrected chi connectivity index (χ1v) is 15.4. The fourth-order valence-corrected chi connectivity index (χ4v) is 8.03. The Morgan fingerprint density at radius 2 is 1.08 bits per heavy atom. The van der Waals surface area contributed by atoms with Crippen molar-refractivity contribution in [2.24, 2.45) is 0 Å². The summed E-state index contributed by atoms with van der Waals surface area (Å²) in [6.07, 6.45) is 8.44. The van der Waals surface area contributed by atoms with Crippen LogP contribution in [0.4, 0.5) is 0 Å². The van der Waals surface area contributed by atoms with Gasteiger partial charge in [-0.2, -0.15) is 0 Å². The molecule has 0 bridgehead atoms. The van der Waals surface area contributed by atoms with Gasteiger partial charge in [0.05, 0.1) is 11.0 Å². The number of hydrogen-bond donors (Lipinski definition) is 2. The minimum Gasteiger partial charge on any atom is -0.480 e. The second-order valence-corrected chi connectivity index (χ2v) is 14.1. The predicted octanol–water partition coefficient (Wildman–Crippen LogP) is 8.19. The molecule has 2 fully saturated rings. The van der Waals surface area contributed by atoms with Crippen LogP contribution >= 0.6 is 55.4 Å². The molecule has 196 valence electrons. The molecule has 2 aromatic carbocycles. The molecule has 2 aliphatic carbocycles. The van der Waals surface area contributed by atoms with Gasteiger partial charge in [-0.3, -0.25) is 19.6 Å². The molecule has 0 aliphatic heterocycles. The molecule has 2 aliphatic rings. The molecule has 4 aromatic rings. The van der Waals surface area contributed by atoms with E-state index in [9.17, 15) is 19.8 Å². The van der Waals surface area contributed by atoms with Crippen LogP contribution in [0.3, 0.4) is 0 Å². The lowest BCUT2D eigenvalue weighted by molar-refractivity contribution is -0.143. The molecule has 0 amide bonds. The van der Waals surface area contributed by atoms with Crippen molar-refractivity contribution in [3.63, 3.8) is 0 Å². The first kappa shape index (κ1) is 27.4. The highest BCUT2D eigenvalue weighted by Gasteiger charge is 2.46. The lowest BCUT2D eigenvalue weighted by atomic mass is 9.84. The van der Waals surface area contributed by atoms with Gasteiger partial charge in [-0.25, -0.2) is 0 Å². The molecule has 2 heterocycles. The van der Waals surface area contributed by atoms with E-state index in [0.717, 1.165) is 79.1 Å². The van der Waals surface area contributed by atoms with Crippen LogP contribution in [-0.2, 0) is 9.59 Å². The lowest BCUT2D eigenvalue weighted by Crippen LogP contribution is -2.41. The molecular formula is C28H24Br2N2O4S2. The number of fused-ring (bicyclic) bond motifs is 2. The molecule has 0 saturated heterocycles. The summed E-state index contributed by atoms with van der Waals surface area (Å²) in [4.78, 5) is 33.6. The average molecular weight is 676 g/mol. The minimum absolute atomic E-state index is 0.638. The van der Waals surface area contributed by atoms with Crippen LogP contribution in [0.15, 0.2) is 79.7 Å². The standard InChI is InChI=1S/2C14H12BrNO2S/c2*15-9-2-3-10-11(8-9)16-7-4-12(10)19-14(13(17)18)5-1-6-14/h2*2-4,7-8H,1,5-6H2,(H,17,18). The fourth-order valence-electron chi connectivity index (χ4n) is 4.50. The molecule has 10 heteroatoms. The summed E-state index contributed by atoms with van der Waals surface area (Å²) in [6, 6.07) is 15.6. The van der Waals surface area contributed by atoms with E-state index in [1.807, 2.05) is 48.5 Å². The molecule has 6 rings (SSSR count). The van der Waals surface area contributed by atoms with Gasteiger partial charge in [0.2, 0.25) is 0 Å². The van der Waals surface area contributed by atoms with E-state index < -0.39 is 21.4 Å². The highest BCUT2D eigenvalue weighted by Crippen LogP contribution is 2.50. The van der Waals surface area contributed by atoms with E-state index in [-0.39, 0.29) is 0 Å². The quantitative estimate of drug-likeness (QED) is 0.211. The fraction of sp³-hybridized carbons (Fsp3) is 0.286.